The number of carbonyl (C=O) groups excluding carboxylic acids is 3. The third-order valence-electron chi connectivity index (χ3n) is 15.8. The lowest BCUT2D eigenvalue weighted by Crippen LogP contribution is -2.30. The van der Waals surface area contributed by atoms with Crippen molar-refractivity contribution in [1.82, 2.24) is 0 Å². The Kier molecular flexibility index (Phi) is 68.2. The molecule has 0 heterocycles. The Morgan fingerprint density at radius 3 is 0.723 bits per heavy atom. The molecule has 1 unspecified atom stereocenters. The molecule has 0 rings (SSSR count). The molecule has 6 heteroatoms. The average Bonchev–Trinajstić information content (AvgIpc) is 3.48. The van der Waals surface area contributed by atoms with Gasteiger partial charge >= 0.3 is 17.9 Å². The Morgan fingerprint density at radius 1 is 0.241 bits per heavy atom. The monoisotopic (exact) mass is 1160 g/mol. The molecular weight excluding hydrogens is 1020 g/mol. The summed E-state index contributed by atoms with van der Waals surface area (Å²) in [5.74, 6) is -0.876. The van der Waals surface area contributed by atoms with Gasteiger partial charge in [-0.05, 0) is 116 Å². The van der Waals surface area contributed by atoms with E-state index >= 15 is 0 Å². The highest BCUT2D eigenvalue weighted by atomic mass is 16.6. The SMILES string of the molecule is CCCC/C=C\CCCCCCCC(=O)OCC(COC(=O)CCCCCCCCCCCCCC/C=C\C/C=C\C/C=C\CCCCCCC)OC(=O)CCCCCCCCCCCCCC/C=C\C/C=C\C/C=C\CCCCCCC. The summed E-state index contributed by atoms with van der Waals surface area (Å²) in [5, 5.41) is 0. The Hall–Kier alpha value is -3.41. The molecule has 0 spiro atoms. The van der Waals surface area contributed by atoms with Crippen LogP contribution in [0.25, 0.3) is 0 Å². The van der Waals surface area contributed by atoms with Crippen LogP contribution >= 0.6 is 0 Å². The number of unbranched alkanes of at least 4 members (excludes halogenated alkanes) is 41. The minimum Gasteiger partial charge on any atom is -0.462 e. The third kappa shape index (κ3) is 69.3. The maximum atomic E-state index is 13.0. The molecule has 1 atom stereocenters. The quantitative estimate of drug-likeness (QED) is 0.0261. The van der Waals surface area contributed by atoms with Crippen LogP contribution in [-0.2, 0) is 28.6 Å². The second-order valence-electron chi connectivity index (χ2n) is 24.1. The van der Waals surface area contributed by atoms with E-state index in [0.717, 1.165) is 89.9 Å². The van der Waals surface area contributed by atoms with Crippen molar-refractivity contribution in [3.8, 4) is 0 Å². The van der Waals surface area contributed by atoms with Gasteiger partial charge in [-0.1, -0.05) is 318 Å². The van der Waals surface area contributed by atoms with E-state index in [0.29, 0.717) is 19.3 Å². The van der Waals surface area contributed by atoms with Crippen LogP contribution < -0.4 is 0 Å². The number of hydrogen-bond acceptors (Lipinski definition) is 6. The molecule has 0 aromatic heterocycles. The molecule has 0 radical (unpaired) electrons. The van der Waals surface area contributed by atoms with Crippen LogP contribution in [0.4, 0.5) is 0 Å². The Morgan fingerprint density at radius 2 is 0.446 bits per heavy atom. The van der Waals surface area contributed by atoms with Gasteiger partial charge in [0.15, 0.2) is 6.10 Å². The van der Waals surface area contributed by atoms with Gasteiger partial charge in [0.05, 0.1) is 0 Å². The molecule has 480 valence electrons. The first-order chi connectivity index (χ1) is 41.0. The molecule has 0 aliphatic rings. The van der Waals surface area contributed by atoms with Crippen molar-refractivity contribution in [2.45, 2.75) is 374 Å². The molecule has 0 saturated heterocycles. The molecule has 0 bridgehead atoms. The minimum atomic E-state index is -0.783. The molecule has 0 aliphatic heterocycles. The molecule has 0 amide bonds. The fourth-order valence-corrected chi connectivity index (χ4v) is 10.4. The van der Waals surface area contributed by atoms with E-state index in [1.807, 2.05) is 0 Å². The minimum absolute atomic E-state index is 0.0786. The normalized spacial score (nSPS) is 12.6. The highest BCUT2D eigenvalue weighted by molar-refractivity contribution is 5.71. The van der Waals surface area contributed by atoms with E-state index < -0.39 is 6.10 Å². The zero-order chi connectivity index (χ0) is 59.9. The smallest absolute Gasteiger partial charge is 0.306 e. The van der Waals surface area contributed by atoms with Gasteiger partial charge in [-0.3, -0.25) is 14.4 Å². The number of carbonyl (C=O) groups is 3. The number of esters is 3. The number of allylic oxidation sites excluding steroid dienone is 14. The predicted octanol–water partition coefficient (Wildman–Crippen LogP) is 25.0. The van der Waals surface area contributed by atoms with Gasteiger partial charge in [0, 0.05) is 19.3 Å². The van der Waals surface area contributed by atoms with Gasteiger partial charge in [0.25, 0.3) is 0 Å². The molecule has 0 aromatic carbocycles. The Balaban J connectivity index is 4.22. The van der Waals surface area contributed by atoms with Crippen LogP contribution in [0, 0.1) is 0 Å². The zero-order valence-electron chi connectivity index (χ0n) is 55.2. The van der Waals surface area contributed by atoms with Crippen LogP contribution in [0.3, 0.4) is 0 Å². The first-order valence-corrected chi connectivity index (χ1v) is 36.1. The fourth-order valence-electron chi connectivity index (χ4n) is 10.4. The third-order valence-corrected chi connectivity index (χ3v) is 15.8. The van der Waals surface area contributed by atoms with E-state index in [2.05, 4.69) is 106 Å². The molecule has 0 aliphatic carbocycles. The Labute approximate surface area is 515 Å². The first-order valence-electron chi connectivity index (χ1n) is 36.1. The lowest BCUT2D eigenvalue weighted by atomic mass is 10.0. The lowest BCUT2D eigenvalue weighted by Gasteiger charge is -2.18. The van der Waals surface area contributed by atoms with Crippen LogP contribution in [-0.4, -0.2) is 37.2 Å². The fraction of sp³-hybridized carbons (Fsp3) is 0.779. The van der Waals surface area contributed by atoms with Gasteiger partial charge in [-0.15, -0.1) is 0 Å². The molecule has 0 aromatic rings. The van der Waals surface area contributed by atoms with Gasteiger partial charge in [0.2, 0.25) is 0 Å². The largest absolute Gasteiger partial charge is 0.462 e. The Bertz CT molecular complexity index is 1570. The van der Waals surface area contributed by atoms with E-state index in [9.17, 15) is 14.4 Å². The summed E-state index contributed by atoms with van der Waals surface area (Å²) in [6.45, 7) is 6.61. The second kappa shape index (κ2) is 71.1. The zero-order valence-corrected chi connectivity index (χ0v) is 55.2. The van der Waals surface area contributed by atoms with Gasteiger partial charge in [-0.25, -0.2) is 0 Å². The summed E-state index contributed by atoms with van der Waals surface area (Å²) in [4.78, 5) is 38.4. The van der Waals surface area contributed by atoms with Gasteiger partial charge in [0.1, 0.15) is 13.2 Å². The molecule has 6 nitrogen and oxygen atoms in total. The van der Waals surface area contributed by atoms with E-state index in [-0.39, 0.29) is 31.1 Å². The van der Waals surface area contributed by atoms with Crippen LogP contribution in [0.1, 0.15) is 367 Å². The van der Waals surface area contributed by atoms with Crippen molar-refractivity contribution in [2.24, 2.45) is 0 Å². The highest BCUT2D eigenvalue weighted by Gasteiger charge is 2.19. The van der Waals surface area contributed by atoms with Crippen molar-refractivity contribution in [2.75, 3.05) is 13.2 Å². The van der Waals surface area contributed by atoms with Crippen LogP contribution in [0.5, 0.6) is 0 Å². The second-order valence-corrected chi connectivity index (χ2v) is 24.1. The molecule has 0 fully saturated rings. The van der Waals surface area contributed by atoms with E-state index in [1.54, 1.807) is 0 Å². The summed E-state index contributed by atoms with van der Waals surface area (Å²) in [6.07, 6.45) is 94.7. The van der Waals surface area contributed by atoms with Gasteiger partial charge < -0.3 is 14.2 Å². The molecular formula is C77H136O6. The summed E-state index contributed by atoms with van der Waals surface area (Å²) in [7, 11) is 0. The first kappa shape index (κ1) is 79.6. The van der Waals surface area contributed by atoms with Crippen molar-refractivity contribution < 1.29 is 28.6 Å². The number of hydrogen-bond donors (Lipinski definition) is 0. The van der Waals surface area contributed by atoms with Crippen LogP contribution in [0.2, 0.25) is 0 Å². The summed E-state index contributed by atoms with van der Waals surface area (Å²) in [5.41, 5.74) is 0. The van der Waals surface area contributed by atoms with E-state index in [1.165, 1.54) is 238 Å². The van der Waals surface area contributed by atoms with Crippen molar-refractivity contribution >= 4 is 17.9 Å². The van der Waals surface area contributed by atoms with Crippen molar-refractivity contribution in [3.05, 3.63) is 85.1 Å². The molecule has 0 saturated carbocycles. The molecule has 83 heavy (non-hydrogen) atoms. The highest BCUT2D eigenvalue weighted by Crippen LogP contribution is 2.17. The predicted molar refractivity (Wildman–Crippen MR) is 362 cm³/mol. The molecule has 0 N–H and O–H groups in total. The number of ether oxygens (including phenoxy) is 3. The maximum absolute atomic E-state index is 13.0. The number of rotatable bonds is 66. The van der Waals surface area contributed by atoms with E-state index in [4.69, 9.17) is 14.2 Å². The topological polar surface area (TPSA) is 78.9 Å². The van der Waals surface area contributed by atoms with Gasteiger partial charge in [-0.2, -0.15) is 0 Å². The van der Waals surface area contributed by atoms with Crippen LogP contribution in [0.15, 0.2) is 85.1 Å². The average molecular weight is 1160 g/mol. The maximum Gasteiger partial charge on any atom is 0.306 e. The summed E-state index contributed by atoms with van der Waals surface area (Å²) < 4.78 is 17.0. The summed E-state index contributed by atoms with van der Waals surface area (Å²) in [6, 6.07) is 0. The van der Waals surface area contributed by atoms with Crippen molar-refractivity contribution in [3.63, 3.8) is 0 Å². The standard InChI is InChI=1S/C77H136O6/c1-4-7-10-13-16-19-22-24-26-28-30-32-34-36-38-40-42-44-46-48-50-52-55-58-61-64-67-70-76(79)82-73-74(72-81-75(78)69-66-63-60-57-54-21-18-15-12-9-6-3)83-77(80)71-68-65-62-59-56-53-51-49-47-45-43-41-39-37-35-33-31-29-27-25-23-20-17-14-11-8-5-2/h15,18,22-25,28-31,34-37,74H,4-14,16-17,19-21,26-27,32-33,38-73H2,1-3H3/b18-15-,24-22-,25-23-,30-28-,31-29-,36-34-,37-35-. The van der Waals surface area contributed by atoms with Crippen molar-refractivity contribution in [1.29, 1.82) is 0 Å². The summed E-state index contributed by atoms with van der Waals surface area (Å²) >= 11 is 0. The lowest BCUT2D eigenvalue weighted by molar-refractivity contribution is -0.167.